The fourth-order valence-corrected chi connectivity index (χ4v) is 3.05. The molecule has 2 atom stereocenters. The number of ether oxygens (including phenoxy) is 2. The second-order valence-electron chi connectivity index (χ2n) is 6.62. The van der Waals surface area contributed by atoms with E-state index in [-0.39, 0.29) is 12.0 Å². The third-order valence-electron chi connectivity index (χ3n) is 4.20. The fraction of sp³-hybridized carbons (Fsp3) is 0.421. The summed E-state index contributed by atoms with van der Waals surface area (Å²) in [4.78, 5) is 24.3. The van der Waals surface area contributed by atoms with Crippen molar-refractivity contribution in [1.82, 2.24) is 9.78 Å². The molecule has 0 saturated carbocycles. The number of esters is 2. The average Bonchev–Trinajstić information content (AvgIpc) is 3.11. The average molecular weight is 342 g/mol. The van der Waals surface area contributed by atoms with Gasteiger partial charge in [-0.15, -0.1) is 0 Å². The maximum atomic E-state index is 12.6. The van der Waals surface area contributed by atoms with E-state index in [4.69, 9.17) is 9.47 Å². The highest BCUT2D eigenvalue weighted by atomic mass is 16.6. The maximum Gasteiger partial charge on any atom is 0.347 e. The Labute approximate surface area is 146 Å². The molecule has 0 spiro atoms. The molecule has 0 N–H and O–H groups in total. The van der Waals surface area contributed by atoms with E-state index in [9.17, 15) is 9.59 Å². The minimum absolute atomic E-state index is 0.0863. The van der Waals surface area contributed by atoms with Gasteiger partial charge in [-0.2, -0.15) is 5.10 Å². The zero-order valence-electron chi connectivity index (χ0n) is 14.6. The molecule has 1 aliphatic heterocycles. The van der Waals surface area contributed by atoms with Crippen molar-refractivity contribution in [3.63, 3.8) is 0 Å². The highest BCUT2D eigenvalue weighted by Crippen LogP contribution is 2.24. The number of hydrogen-bond acceptors (Lipinski definition) is 5. The van der Waals surface area contributed by atoms with E-state index >= 15 is 0 Å². The molecule has 0 unspecified atom stereocenters. The van der Waals surface area contributed by atoms with Gasteiger partial charge in [-0.25, -0.2) is 9.59 Å². The van der Waals surface area contributed by atoms with Gasteiger partial charge in [0, 0.05) is 6.42 Å². The quantitative estimate of drug-likeness (QED) is 0.782. The molecule has 1 saturated heterocycles. The van der Waals surface area contributed by atoms with Crippen molar-refractivity contribution in [2.24, 2.45) is 0 Å². The Balaban J connectivity index is 1.81. The van der Waals surface area contributed by atoms with E-state index in [2.05, 4.69) is 5.10 Å². The second kappa shape index (κ2) is 7.09. The summed E-state index contributed by atoms with van der Waals surface area (Å²) in [6.45, 7) is 6.36. The lowest BCUT2D eigenvalue weighted by Gasteiger charge is -2.13. The Kier molecular flexibility index (Phi) is 4.88. The molecule has 3 rings (SSSR count). The SMILES string of the molecule is CC(C)c1c(C(=O)O[C@@H]2C[C@@H](C)OC2=O)cnn1Cc1ccccc1. The summed E-state index contributed by atoms with van der Waals surface area (Å²) < 4.78 is 12.2. The number of aromatic nitrogens is 2. The van der Waals surface area contributed by atoms with E-state index < -0.39 is 18.0 Å². The minimum atomic E-state index is -0.833. The van der Waals surface area contributed by atoms with Gasteiger partial charge >= 0.3 is 11.9 Å². The number of benzene rings is 1. The Morgan fingerprint density at radius 1 is 1.36 bits per heavy atom. The topological polar surface area (TPSA) is 70.4 Å². The van der Waals surface area contributed by atoms with Crippen molar-refractivity contribution in [1.29, 1.82) is 0 Å². The van der Waals surface area contributed by atoms with E-state index in [0.717, 1.165) is 11.3 Å². The summed E-state index contributed by atoms with van der Waals surface area (Å²) in [7, 11) is 0. The molecule has 0 aliphatic carbocycles. The smallest absolute Gasteiger partial charge is 0.347 e. The van der Waals surface area contributed by atoms with Gasteiger partial charge in [-0.05, 0) is 18.4 Å². The van der Waals surface area contributed by atoms with Crippen LogP contribution in [0.3, 0.4) is 0 Å². The molecule has 25 heavy (non-hydrogen) atoms. The van der Waals surface area contributed by atoms with Crippen LogP contribution in [-0.2, 0) is 20.8 Å². The van der Waals surface area contributed by atoms with Crippen molar-refractivity contribution in [2.45, 2.75) is 51.9 Å². The predicted octanol–water partition coefficient (Wildman–Crippen LogP) is 2.92. The Morgan fingerprint density at radius 2 is 2.08 bits per heavy atom. The van der Waals surface area contributed by atoms with Crippen LogP contribution in [0.4, 0.5) is 0 Å². The number of rotatable bonds is 5. The summed E-state index contributed by atoms with van der Waals surface area (Å²) >= 11 is 0. The highest BCUT2D eigenvalue weighted by molar-refractivity contribution is 5.92. The van der Waals surface area contributed by atoms with Crippen LogP contribution in [0.5, 0.6) is 0 Å². The van der Waals surface area contributed by atoms with Crippen LogP contribution in [0.25, 0.3) is 0 Å². The van der Waals surface area contributed by atoms with Crippen molar-refractivity contribution >= 4 is 11.9 Å². The largest absolute Gasteiger partial charge is 0.460 e. The number of nitrogens with zero attached hydrogens (tertiary/aromatic N) is 2. The first-order valence-corrected chi connectivity index (χ1v) is 8.46. The molecular formula is C19H22N2O4. The molecule has 0 radical (unpaired) electrons. The van der Waals surface area contributed by atoms with Crippen LogP contribution in [0.15, 0.2) is 36.5 Å². The van der Waals surface area contributed by atoms with Crippen LogP contribution in [0.2, 0.25) is 0 Å². The van der Waals surface area contributed by atoms with Gasteiger partial charge < -0.3 is 9.47 Å². The lowest BCUT2D eigenvalue weighted by Crippen LogP contribution is -2.23. The second-order valence-corrected chi connectivity index (χ2v) is 6.62. The molecule has 6 heteroatoms. The minimum Gasteiger partial charge on any atom is -0.460 e. The van der Waals surface area contributed by atoms with Crippen LogP contribution in [0.1, 0.15) is 54.7 Å². The third-order valence-corrected chi connectivity index (χ3v) is 4.20. The number of carbonyl (C=O) groups excluding carboxylic acids is 2. The molecule has 1 aromatic carbocycles. The summed E-state index contributed by atoms with van der Waals surface area (Å²) in [5.41, 5.74) is 2.30. The monoisotopic (exact) mass is 342 g/mol. The Bertz CT molecular complexity index is 767. The molecule has 2 heterocycles. The van der Waals surface area contributed by atoms with E-state index in [1.807, 2.05) is 48.9 Å². The fourth-order valence-electron chi connectivity index (χ4n) is 3.05. The predicted molar refractivity (Wildman–Crippen MR) is 91.2 cm³/mol. The number of hydrogen-bond donors (Lipinski definition) is 0. The maximum absolute atomic E-state index is 12.6. The van der Waals surface area contributed by atoms with Gasteiger partial charge in [0.2, 0.25) is 6.10 Å². The van der Waals surface area contributed by atoms with Crippen LogP contribution in [0, 0.1) is 0 Å². The van der Waals surface area contributed by atoms with Crippen LogP contribution < -0.4 is 0 Å². The van der Waals surface area contributed by atoms with E-state index in [1.165, 1.54) is 6.20 Å². The molecule has 132 valence electrons. The lowest BCUT2D eigenvalue weighted by atomic mass is 10.1. The molecule has 1 aliphatic rings. The zero-order valence-corrected chi connectivity index (χ0v) is 14.6. The molecule has 0 bridgehead atoms. The molecule has 1 aromatic heterocycles. The van der Waals surface area contributed by atoms with E-state index in [0.29, 0.717) is 18.5 Å². The standard InChI is InChI=1S/C19H22N2O4/c1-12(2)17-15(18(22)25-16-9-13(3)24-19(16)23)10-20-21(17)11-14-7-5-4-6-8-14/h4-8,10,12-13,16H,9,11H2,1-3H3/t13-,16-/m1/s1. The van der Waals surface area contributed by atoms with Gasteiger partial charge in [-0.3, -0.25) is 4.68 Å². The number of cyclic esters (lactones) is 1. The van der Waals surface area contributed by atoms with Crippen molar-refractivity contribution in [3.8, 4) is 0 Å². The molecule has 6 nitrogen and oxygen atoms in total. The van der Waals surface area contributed by atoms with Gasteiger partial charge in [0.25, 0.3) is 0 Å². The van der Waals surface area contributed by atoms with Crippen LogP contribution >= 0.6 is 0 Å². The summed E-state index contributed by atoms with van der Waals surface area (Å²) in [6.07, 6.45) is 0.847. The summed E-state index contributed by atoms with van der Waals surface area (Å²) in [5, 5.41) is 4.36. The molecule has 2 aromatic rings. The number of carbonyl (C=O) groups is 2. The lowest BCUT2D eigenvalue weighted by molar-refractivity contribution is -0.147. The summed E-state index contributed by atoms with van der Waals surface area (Å²) in [5.74, 6) is -0.925. The summed E-state index contributed by atoms with van der Waals surface area (Å²) in [6, 6.07) is 9.92. The molecule has 1 fully saturated rings. The first-order valence-electron chi connectivity index (χ1n) is 8.46. The van der Waals surface area contributed by atoms with Crippen molar-refractivity contribution in [3.05, 3.63) is 53.3 Å². The van der Waals surface area contributed by atoms with Gasteiger partial charge in [-0.1, -0.05) is 44.2 Å². The Morgan fingerprint density at radius 3 is 2.68 bits per heavy atom. The molecular weight excluding hydrogens is 320 g/mol. The third kappa shape index (κ3) is 3.73. The van der Waals surface area contributed by atoms with Crippen LogP contribution in [-0.4, -0.2) is 33.9 Å². The molecule has 0 amide bonds. The normalized spacial score (nSPS) is 19.9. The van der Waals surface area contributed by atoms with Gasteiger partial charge in [0.1, 0.15) is 11.7 Å². The van der Waals surface area contributed by atoms with Crippen molar-refractivity contribution < 1.29 is 19.1 Å². The zero-order chi connectivity index (χ0) is 18.0. The van der Waals surface area contributed by atoms with Gasteiger partial charge in [0.15, 0.2) is 0 Å². The highest BCUT2D eigenvalue weighted by Gasteiger charge is 2.36. The van der Waals surface area contributed by atoms with Gasteiger partial charge in [0.05, 0.1) is 18.4 Å². The van der Waals surface area contributed by atoms with Crippen molar-refractivity contribution in [2.75, 3.05) is 0 Å². The van der Waals surface area contributed by atoms with E-state index in [1.54, 1.807) is 6.92 Å². The first kappa shape index (κ1) is 17.2. The first-order chi connectivity index (χ1) is 12.0. The Hall–Kier alpha value is -2.63.